The van der Waals surface area contributed by atoms with Crippen LogP contribution in [0.5, 0.6) is 0 Å². The Kier molecular flexibility index (Phi) is 4.34. The van der Waals surface area contributed by atoms with Gasteiger partial charge in [0.2, 0.25) is 0 Å². The largest absolute Gasteiger partial charge is 0.330 e. The summed E-state index contributed by atoms with van der Waals surface area (Å²) in [5.41, 5.74) is 1.48. The predicted octanol–water partition coefficient (Wildman–Crippen LogP) is 3.77. The number of hydrogen-bond donors (Lipinski definition) is 1. The molecule has 0 aliphatic heterocycles. The molecule has 1 heterocycles. The highest BCUT2D eigenvalue weighted by Gasteiger charge is 2.26. The average molecular weight is 263 g/mol. The van der Waals surface area contributed by atoms with E-state index in [0.29, 0.717) is 6.04 Å². The topological polar surface area (TPSA) is 29.9 Å². The van der Waals surface area contributed by atoms with Crippen molar-refractivity contribution < 1.29 is 0 Å². The molecule has 108 valence electrons. The zero-order valence-electron chi connectivity index (χ0n) is 13.1. The minimum Gasteiger partial charge on any atom is -0.330 e. The van der Waals surface area contributed by atoms with Gasteiger partial charge in [-0.1, -0.05) is 13.8 Å². The SMILES string of the molecule is CC1CC(C)CC(n2cncc2CNC(C)(C)C)C1. The quantitative estimate of drug-likeness (QED) is 0.899. The van der Waals surface area contributed by atoms with Crippen molar-refractivity contribution in [2.45, 2.75) is 72.0 Å². The molecule has 0 aromatic carbocycles. The molecule has 0 bridgehead atoms. The van der Waals surface area contributed by atoms with Gasteiger partial charge in [-0.05, 0) is 51.9 Å². The van der Waals surface area contributed by atoms with Crippen molar-refractivity contribution in [3.05, 3.63) is 18.2 Å². The molecule has 3 nitrogen and oxygen atoms in total. The molecule has 0 radical (unpaired) electrons. The second kappa shape index (κ2) is 5.66. The molecule has 2 unspecified atom stereocenters. The van der Waals surface area contributed by atoms with Crippen LogP contribution in [0, 0.1) is 11.8 Å². The maximum atomic E-state index is 4.37. The number of rotatable bonds is 3. The lowest BCUT2D eigenvalue weighted by Crippen LogP contribution is -2.36. The van der Waals surface area contributed by atoms with Crippen molar-refractivity contribution in [1.82, 2.24) is 14.9 Å². The van der Waals surface area contributed by atoms with Crippen LogP contribution in [0.2, 0.25) is 0 Å². The molecule has 1 aromatic heterocycles. The van der Waals surface area contributed by atoms with Gasteiger partial charge in [-0.2, -0.15) is 0 Å². The van der Waals surface area contributed by atoms with E-state index in [4.69, 9.17) is 0 Å². The van der Waals surface area contributed by atoms with Crippen molar-refractivity contribution in [1.29, 1.82) is 0 Å². The second-order valence-electron chi connectivity index (χ2n) is 7.47. The zero-order valence-corrected chi connectivity index (χ0v) is 13.1. The minimum absolute atomic E-state index is 0.155. The van der Waals surface area contributed by atoms with E-state index in [1.54, 1.807) is 0 Å². The Bertz CT molecular complexity index is 392. The van der Waals surface area contributed by atoms with E-state index in [9.17, 15) is 0 Å². The van der Waals surface area contributed by atoms with Crippen LogP contribution in [-0.4, -0.2) is 15.1 Å². The van der Waals surface area contributed by atoms with Crippen LogP contribution >= 0.6 is 0 Å². The lowest BCUT2D eigenvalue weighted by atomic mass is 9.80. The van der Waals surface area contributed by atoms with Crippen LogP contribution in [0.4, 0.5) is 0 Å². The number of nitrogens with one attached hydrogen (secondary N) is 1. The molecule has 2 rings (SSSR count). The summed E-state index contributed by atoms with van der Waals surface area (Å²) in [7, 11) is 0. The van der Waals surface area contributed by atoms with E-state index in [0.717, 1.165) is 18.4 Å². The molecule has 3 heteroatoms. The van der Waals surface area contributed by atoms with Gasteiger partial charge in [0.15, 0.2) is 0 Å². The summed E-state index contributed by atoms with van der Waals surface area (Å²) in [6, 6.07) is 0.637. The van der Waals surface area contributed by atoms with Gasteiger partial charge < -0.3 is 9.88 Å². The summed E-state index contributed by atoms with van der Waals surface area (Å²) in [5.74, 6) is 1.67. The van der Waals surface area contributed by atoms with Gasteiger partial charge in [-0.25, -0.2) is 4.98 Å². The van der Waals surface area contributed by atoms with E-state index >= 15 is 0 Å². The summed E-state index contributed by atoms with van der Waals surface area (Å²) in [6.07, 6.45) is 8.00. The van der Waals surface area contributed by atoms with Crippen LogP contribution in [-0.2, 0) is 6.54 Å². The Morgan fingerprint density at radius 2 is 1.84 bits per heavy atom. The third-order valence-electron chi connectivity index (χ3n) is 4.09. The van der Waals surface area contributed by atoms with E-state index < -0.39 is 0 Å². The van der Waals surface area contributed by atoms with Crippen LogP contribution in [0.3, 0.4) is 0 Å². The Hall–Kier alpha value is -0.830. The van der Waals surface area contributed by atoms with Crippen molar-refractivity contribution in [2.24, 2.45) is 11.8 Å². The van der Waals surface area contributed by atoms with Crippen molar-refractivity contribution in [3.8, 4) is 0 Å². The summed E-state index contributed by atoms with van der Waals surface area (Å²) in [4.78, 5) is 4.37. The van der Waals surface area contributed by atoms with Gasteiger partial charge in [0.05, 0.1) is 12.0 Å². The van der Waals surface area contributed by atoms with Gasteiger partial charge in [0.1, 0.15) is 0 Å². The third kappa shape index (κ3) is 4.07. The molecule has 0 saturated heterocycles. The Balaban J connectivity index is 2.06. The molecule has 1 fully saturated rings. The number of aromatic nitrogens is 2. The molecule has 1 aliphatic carbocycles. The first-order valence-electron chi connectivity index (χ1n) is 7.61. The molecule has 0 amide bonds. The standard InChI is InChI=1S/C16H29N3/c1-12-6-13(2)8-14(7-12)19-11-17-9-15(19)10-18-16(3,4)5/h9,11-14,18H,6-8,10H2,1-5H3. The van der Waals surface area contributed by atoms with E-state index in [2.05, 4.69) is 49.5 Å². The molecule has 1 saturated carbocycles. The lowest BCUT2D eigenvalue weighted by molar-refractivity contribution is 0.217. The number of hydrogen-bond acceptors (Lipinski definition) is 2. The van der Waals surface area contributed by atoms with Gasteiger partial charge in [-0.15, -0.1) is 0 Å². The third-order valence-corrected chi connectivity index (χ3v) is 4.09. The van der Waals surface area contributed by atoms with E-state index in [1.807, 2.05) is 12.5 Å². The van der Waals surface area contributed by atoms with Crippen molar-refractivity contribution >= 4 is 0 Å². The molecule has 19 heavy (non-hydrogen) atoms. The Labute approximate surface area is 117 Å². The Morgan fingerprint density at radius 1 is 1.21 bits per heavy atom. The molecule has 1 aromatic rings. The van der Waals surface area contributed by atoms with Crippen molar-refractivity contribution in [2.75, 3.05) is 0 Å². The summed E-state index contributed by atoms with van der Waals surface area (Å²) >= 11 is 0. The van der Waals surface area contributed by atoms with E-state index in [1.165, 1.54) is 25.0 Å². The van der Waals surface area contributed by atoms with Crippen LogP contribution in [0.1, 0.15) is 65.6 Å². The summed E-state index contributed by atoms with van der Waals surface area (Å²) < 4.78 is 2.41. The van der Waals surface area contributed by atoms with Gasteiger partial charge >= 0.3 is 0 Å². The van der Waals surface area contributed by atoms with E-state index in [-0.39, 0.29) is 5.54 Å². The molecular weight excluding hydrogens is 234 g/mol. The molecule has 0 spiro atoms. The fourth-order valence-corrected chi connectivity index (χ4v) is 3.29. The van der Waals surface area contributed by atoms with Gasteiger partial charge in [-0.3, -0.25) is 0 Å². The smallest absolute Gasteiger partial charge is 0.0951 e. The predicted molar refractivity (Wildman–Crippen MR) is 80.0 cm³/mol. The summed E-state index contributed by atoms with van der Waals surface area (Å²) in [6.45, 7) is 12.3. The molecule has 1 N–H and O–H groups in total. The molecular formula is C16H29N3. The number of nitrogens with zero attached hydrogens (tertiary/aromatic N) is 2. The highest BCUT2D eigenvalue weighted by molar-refractivity contribution is 5.02. The van der Waals surface area contributed by atoms with Gasteiger partial charge in [0, 0.05) is 24.3 Å². The maximum Gasteiger partial charge on any atom is 0.0951 e. The Morgan fingerprint density at radius 3 is 2.42 bits per heavy atom. The average Bonchev–Trinajstić information content (AvgIpc) is 2.72. The lowest BCUT2D eigenvalue weighted by Gasteiger charge is -2.33. The highest BCUT2D eigenvalue weighted by atomic mass is 15.1. The van der Waals surface area contributed by atoms with Gasteiger partial charge in [0.25, 0.3) is 0 Å². The first-order chi connectivity index (χ1) is 8.85. The highest BCUT2D eigenvalue weighted by Crippen LogP contribution is 2.36. The second-order valence-corrected chi connectivity index (χ2v) is 7.47. The normalized spacial score (nSPS) is 28.6. The zero-order chi connectivity index (χ0) is 14.0. The maximum absolute atomic E-state index is 4.37. The molecule has 1 aliphatic rings. The summed E-state index contributed by atoms with van der Waals surface area (Å²) in [5, 5.41) is 3.57. The van der Waals surface area contributed by atoms with Crippen LogP contribution in [0.15, 0.2) is 12.5 Å². The first-order valence-corrected chi connectivity index (χ1v) is 7.61. The molecule has 2 atom stereocenters. The minimum atomic E-state index is 0.155. The number of imidazole rings is 1. The van der Waals surface area contributed by atoms with Crippen molar-refractivity contribution in [3.63, 3.8) is 0 Å². The first kappa shape index (κ1) is 14.6. The monoisotopic (exact) mass is 263 g/mol. The fourth-order valence-electron chi connectivity index (χ4n) is 3.29. The van der Waals surface area contributed by atoms with Crippen LogP contribution in [0.25, 0.3) is 0 Å². The fraction of sp³-hybridized carbons (Fsp3) is 0.812. The van der Waals surface area contributed by atoms with Crippen LogP contribution < -0.4 is 5.32 Å².